The second kappa shape index (κ2) is 8.61. The molecule has 1 amide bonds. The van der Waals surface area contributed by atoms with Gasteiger partial charge in [0.15, 0.2) is 0 Å². The highest BCUT2D eigenvalue weighted by atomic mass is 35.5. The molecule has 2 aromatic carbocycles. The molecule has 0 aromatic heterocycles. The number of carbonyl (C=O) groups is 1. The van der Waals surface area contributed by atoms with Crippen LogP contribution in [-0.4, -0.2) is 21.7 Å². The van der Waals surface area contributed by atoms with Crippen LogP contribution < -0.4 is 4.74 Å². The van der Waals surface area contributed by atoms with Gasteiger partial charge in [0.05, 0.1) is 9.93 Å². The fourth-order valence-corrected chi connectivity index (χ4v) is 4.43. The molecule has 8 heteroatoms. The topological polar surface area (TPSA) is 29.5 Å². The summed E-state index contributed by atoms with van der Waals surface area (Å²) in [5, 5.41) is 0.744. The highest BCUT2D eigenvalue weighted by Crippen LogP contribution is 2.38. The average molecular weight is 442 g/mol. The Labute approximate surface area is 176 Å². The van der Waals surface area contributed by atoms with Crippen molar-refractivity contribution in [3.8, 4) is 5.75 Å². The molecule has 0 bridgehead atoms. The Bertz CT molecular complexity index is 932. The van der Waals surface area contributed by atoms with Gasteiger partial charge in [0, 0.05) is 17.1 Å². The summed E-state index contributed by atoms with van der Waals surface area (Å²) in [4.78, 5) is 14.5. The van der Waals surface area contributed by atoms with Crippen LogP contribution >= 0.6 is 47.2 Å². The molecule has 27 heavy (non-hydrogen) atoms. The molecule has 0 spiro atoms. The maximum atomic E-state index is 13.0. The Kier molecular flexibility index (Phi) is 6.42. The van der Waals surface area contributed by atoms with E-state index in [9.17, 15) is 9.18 Å². The lowest BCUT2D eigenvalue weighted by molar-refractivity contribution is -0.121. The number of nitrogens with zero attached hydrogens (tertiary/aromatic N) is 1. The van der Waals surface area contributed by atoms with E-state index in [1.807, 2.05) is 6.92 Å². The molecule has 0 atom stereocenters. The molecule has 1 fully saturated rings. The van der Waals surface area contributed by atoms with Crippen molar-refractivity contribution in [2.24, 2.45) is 0 Å². The first kappa shape index (κ1) is 20.1. The van der Waals surface area contributed by atoms with Crippen LogP contribution in [0.3, 0.4) is 0 Å². The van der Waals surface area contributed by atoms with Crippen molar-refractivity contribution in [3.05, 3.63) is 68.3 Å². The van der Waals surface area contributed by atoms with Crippen LogP contribution in [0.5, 0.6) is 5.75 Å². The molecule has 0 N–H and O–H groups in total. The zero-order valence-corrected chi connectivity index (χ0v) is 17.3. The summed E-state index contributed by atoms with van der Waals surface area (Å²) in [6, 6.07) is 9.22. The third-order valence-corrected chi connectivity index (χ3v) is 5.69. The highest BCUT2D eigenvalue weighted by Gasteiger charge is 2.31. The summed E-state index contributed by atoms with van der Waals surface area (Å²) in [6.45, 7) is 2.56. The van der Waals surface area contributed by atoms with E-state index in [-0.39, 0.29) is 18.3 Å². The van der Waals surface area contributed by atoms with E-state index in [0.29, 0.717) is 37.1 Å². The molecular formula is C19H14Cl2FNO2S2. The second-order valence-electron chi connectivity index (χ2n) is 5.65. The van der Waals surface area contributed by atoms with E-state index in [0.717, 1.165) is 5.56 Å². The average Bonchev–Trinajstić information content (AvgIpc) is 2.88. The number of carbonyl (C=O) groups excluding carboxylic acids is 1. The van der Waals surface area contributed by atoms with Gasteiger partial charge in [0.2, 0.25) is 0 Å². The minimum Gasteiger partial charge on any atom is -0.487 e. The lowest BCUT2D eigenvalue weighted by Gasteiger charge is -2.13. The van der Waals surface area contributed by atoms with Crippen molar-refractivity contribution in [1.82, 2.24) is 4.90 Å². The lowest BCUT2D eigenvalue weighted by Crippen LogP contribution is -2.27. The molecule has 3 nitrogen and oxygen atoms in total. The predicted octanol–water partition coefficient (Wildman–Crippen LogP) is 5.93. The third kappa shape index (κ3) is 4.63. The number of likely N-dealkylation sites (N-methyl/N-ethyl adjacent to an activating group) is 1. The van der Waals surface area contributed by atoms with Gasteiger partial charge in [0.25, 0.3) is 5.91 Å². The van der Waals surface area contributed by atoms with E-state index < -0.39 is 0 Å². The molecule has 1 heterocycles. The van der Waals surface area contributed by atoms with Crippen LogP contribution in [0, 0.1) is 5.82 Å². The van der Waals surface area contributed by atoms with Gasteiger partial charge < -0.3 is 4.74 Å². The number of benzene rings is 2. The molecule has 1 aliphatic rings. The number of hydrogen-bond donors (Lipinski definition) is 0. The molecule has 0 saturated carbocycles. The van der Waals surface area contributed by atoms with Crippen molar-refractivity contribution < 1.29 is 13.9 Å². The second-order valence-corrected chi connectivity index (χ2v) is 8.17. The lowest BCUT2D eigenvalue weighted by atomic mass is 10.1. The number of thiocarbonyl (C=S) groups is 1. The molecule has 0 unspecified atom stereocenters. The monoisotopic (exact) mass is 441 g/mol. The number of halogens is 3. The van der Waals surface area contributed by atoms with Crippen molar-refractivity contribution >= 4 is 63.5 Å². The molecule has 140 valence electrons. The fraction of sp³-hybridized carbons (Fsp3) is 0.158. The van der Waals surface area contributed by atoms with Crippen LogP contribution in [0.4, 0.5) is 4.39 Å². The summed E-state index contributed by atoms with van der Waals surface area (Å²) in [5.41, 5.74) is 1.36. The van der Waals surface area contributed by atoms with Crippen molar-refractivity contribution in [3.63, 3.8) is 0 Å². The van der Waals surface area contributed by atoms with Crippen LogP contribution in [0.25, 0.3) is 6.08 Å². The third-order valence-electron chi connectivity index (χ3n) is 3.81. The molecule has 0 radical (unpaired) electrons. The molecular weight excluding hydrogens is 428 g/mol. The quantitative estimate of drug-likeness (QED) is 0.424. The van der Waals surface area contributed by atoms with E-state index in [4.69, 9.17) is 40.2 Å². The first-order valence-corrected chi connectivity index (χ1v) is 9.98. The van der Waals surface area contributed by atoms with Crippen LogP contribution in [-0.2, 0) is 11.4 Å². The fourth-order valence-electron chi connectivity index (χ4n) is 2.49. The van der Waals surface area contributed by atoms with Gasteiger partial charge in [-0.15, -0.1) is 0 Å². The smallest absolute Gasteiger partial charge is 0.266 e. The first-order chi connectivity index (χ1) is 12.9. The van der Waals surface area contributed by atoms with Crippen LogP contribution in [0.15, 0.2) is 41.3 Å². The normalized spacial score (nSPS) is 15.7. The van der Waals surface area contributed by atoms with Gasteiger partial charge in [-0.3, -0.25) is 9.69 Å². The maximum absolute atomic E-state index is 13.0. The number of hydrogen-bond acceptors (Lipinski definition) is 4. The predicted molar refractivity (Wildman–Crippen MR) is 113 cm³/mol. The van der Waals surface area contributed by atoms with Crippen molar-refractivity contribution in [2.75, 3.05) is 6.54 Å². The first-order valence-electron chi connectivity index (χ1n) is 8.00. The van der Waals surface area contributed by atoms with E-state index >= 15 is 0 Å². The maximum Gasteiger partial charge on any atom is 0.266 e. The summed E-state index contributed by atoms with van der Waals surface area (Å²) in [7, 11) is 0. The minimum atomic E-state index is -0.318. The van der Waals surface area contributed by atoms with Crippen LogP contribution in [0.1, 0.15) is 18.1 Å². The van der Waals surface area contributed by atoms with Gasteiger partial charge in [-0.2, -0.15) is 0 Å². The van der Waals surface area contributed by atoms with E-state index in [2.05, 4.69) is 0 Å². The Balaban J connectivity index is 1.91. The molecule has 3 rings (SSSR count). The Hall–Kier alpha value is -1.60. The molecule has 0 aliphatic carbocycles. The van der Waals surface area contributed by atoms with E-state index in [1.54, 1.807) is 30.3 Å². The summed E-state index contributed by atoms with van der Waals surface area (Å²) >= 11 is 18.9. The van der Waals surface area contributed by atoms with Gasteiger partial charge in [-0.25, -0.2) is 4.39 Å². The van der Waals surface area contributed by atoms with Gasteiger partial charge >= 0.3 is 0 Å². The molecule has 1 saturated heterocycles. The van der Waals surface area contributed by atoms with Gasteiger partial charge in [-0.1, -0.05) is 59.3 Å². The molecule has 1 aliphatic heterocycles. The number of thioether (sulfide) groups is 1. The van der Waals surface area contributed by atoms with Crippen molar-refractivity contribution in [2.45, 2.75) is 13.5 Å². The largest absolute Gasteiger partial charge is 0.487 e. The number of amides is 1. The Morgan fingerprint density at radius 2 is 1.96 bits per heavy atom. The number of ether oxygens (including phenoxy) is 1. The summed E-state index contributed by atoms with van der Waals surface area (Å²) in [6.07, 6.45) is 1.67. The summed E-state index contributed by atoms with van der Waals surface area (Å²) < 4.78 is 19.4. The van der Waals surface area contributed by atoms with Crippen molar-refractivity contribution in [1.29, 1.82) is 0 Å². The summed E-state index contributed by atoms with van der Waals surface area (Å²) in [5.74, 6) is -0.0813. The SMILES string of the molecule is CCN1C(=O)/C(=C/c2cc(Cl)cc(Cl)c2OCc2ccc(F)cc2)SC1=S. The molecule has 2 aromatic rings. The Morgan fingerprint density at radius 3 is 2.59 bits per heavy atom. The van der Waals surface area contributed by atoms with E-state index in [1.165, 1.54) is 28.8 Å². The van der Waals surface area contributed by atoms with Gasteiger partial charge in [-0.05, 0) is 42.8 Å². The minimum absolute atomic E-state index is 0.159. The van der Waals surface area contributed by atoms with Gasteiger partial charge in [0.1, 0.15) is 22.5 Å². The Morgan fingerprint density at radius 1 is 1.26 bits per heavy atom. The zero-order chi connectivity index (χ0) is 19.6. The highest BCUT2D eigenvalue weighted by molar-refractivity contribution is 8.26. The number of rotatable bonds is 5. The van der Waals surface area contributed by atoms with Crippen LogP contribution in [0.2, 0.25) is 10.0 Å². The standard InChI is InChI=1S/C19H14Cl2FNO2S2/c1-2-23-18(24)16(27-19(23)26)8-12-7-13(20)9-15(21)17(12)25-10-11-3-5-14(22)6-4-11/h3-9H,2,10H2,1H3/b16-8-. The zero-order valence-electron chi connectivity index (χ0n) is 14.2.